The molecule has 2 rings (SSSR count). The van der Waals surface area contributed by atoms with Crippen molar-refractivity contribution in [1.82, 2.24) is 5.32 Å². The van der Waals surface area contributed by atoms with Gasteiger partial charge in [0.15, 0.2) is 17.5 Å². The van der Waals surface area contributed by atoms with E-state index < -0.39 is 0 Å². The van der Waals surface area contributed by atoms with E-state index in [0.29, 0.717) is 32.3 Å². The van der Waals surface area contributed by atoms with Gasteiger partial charge in [-0.2, -0.15) is 0 Å². The standard InChI is InChI=1S/C20H27N3O3/c1-24-18-9-8-16(14-19(18)25-2)10-11-22-20(21)23-12-13-26-15-17-6-4-3-5-7-17/h3-9,14H,10-13,15H2,1-2H3,(H3,21,22,23). The van der Waals surface area contributed by atoms with Gasteiger partial charge >= 0.3 is 0 Å². The minimum Gasteiger partial charge on any atom is -0.493 e. The number of nitrogens with one attached hydrogen (secondary N) is 1. The van der Waals surface area contributed by atoms with Crippen molar-refractivity contribution in [3.63, 3.8) is 0 Å². The second kappa shape index (κ2) is 11.0. The Morgan fingerprint density at radius 1 is 1.00 bits per heavy atom. The number of hydrogen-bond donors (Lipinski definition) is 2. The average Bonchev–Trinajstić information content (AvgIpc) is 2.68. The fourth-order valence-corrected chi connectivity index (χ4v) is 2.42. The van der Waals surface area contributed by atoms with Crippen LogP contribution in [0.25, 0.3) is 0 Å². The lowest BCUT2D eigenvalue weighted by molar-refractivity contribution is 0.128. The maximum Gasteiger partial charge on any atom is 0.188 e. The van der Waals surface area contributed by atoms with Gasteiger partial charge in [0, 0.05) is 6.54 Å². The maximum absolute atomic E-state index is 5.87. The monoisotopic (exact) mass is 357 g/mol. The molecule has 0 atom stereocenters. The van der Waals surface area contributed by atoms with Gasteiger partial charge in [0.1, 0.15) is 0 Å². The molecule has 0 amide bonds. The highest BCUT2D eigenvalue weighted by molar-refractivity contribution is 5.77. The molecule has 0 unspecified atom stereocenters. The Bertz CT molecular complexity index is 690. The van der Waals surface area contributed by atoms with E-state index in [4.69, 9.17) is 19.9 Å². The van der Waals surface area contributed by atoms with Gasteiger partial charge in [0.05, 0.1) is 34.0 Å². The summed E-state index contributed by atoms with van der Waals surface area (Å²) in [4.78, 5) is 4.26. The molecule has 140 valence electrons. The first kappa shape index (κ1) is 19.6. The Morgan fingerprint density at radius 3 is 2.50 bits per heavy atom. The van der Waals surface area contributed by atoms with Gasteiger partial charge < -0.3 is 25.3 Å². The first-order valence-corrected chi connectivity index (χ1v) is 8.59. The third-order valence-electron chi connectivity index (χ3n) is 3.80. The molecule has 0 heterocycles. The average molecular weight is 357 g/mol. The number of rotatable bonds is 10. The van der Waals surface area contributed by atoms with Gasteiger partial charge in [-0.25, -0.2) is 0 Å². The summed E-state index contributed by atoms with van der Waals surface area (Å²) < 4.78 is 16.1. The van der Waals surface area contributed by atoms with E-state index in [1.807, 2.05) is 48.5 Å². The molecule has 0 fully saturated rings. The van der Waals surface area contributed by atoms with Crippen LogP contribution in [0.4, 0.5) is 0 Å². The van der Waals surface area contributed by atoms with Crippen molar-refractivity contribution in [3.8, 4) is 11.5 Å². The van der Waals surface area contributed by atoms with E-state index in [0.717, 1.165) is 29.0 Å². The Morgan fingerprint density at radius 2 is 1.77 bits per heavy atom. The molecular weight excluding hydrogens is 330 g/mol. The third kappa shape index (κ3) is 6.64. The summed E-state index contributed by atoms with van der Waals surface area (Å²) in [6.07, 6.45) is 0.807. The normalized spacial score (nSPS) is 11.2. The first-order valence-electron chi connectivity index (χ1n) is 8.59. The molecule has 2 aromatic carbocycles. The molecule has 26 heavy (non-hydrogen) atoms. The molecule has 0 saturated carbocycles. The minimum absolute atomic E-state index is 0.425. The lowest BCUT2D eigenvalue weighted by atomic mass is 10.1. The molecule has 6 heteroatoms. The van der Waals surface area contributed by atoms with E-state index in [9.17, 15) is 0 Å². The number of aliphatic imine (C=N–C) groups is 1. The van der Waals surface area contributed by atoms with Gasteiger partial charge in [0.25, 0.3) is 0 Å². The molecule has 0 saturated heterocycles. The van der Waals surface area contributed by atoms with Crippen LogP contribution in [0.2, 0.25) is 0 Å². The van der Waals surface area contributed by atoms with Gasteiger partial charge in [0.2, 0.25) is 0 Å². The van der Waals surface area contributed by atoms with Crippen molar-refractivity contribution in [3.05, 3.63) is 59.7 Å². The smallest absolute Gasteiger partial charge is 0.188 e. The summed E-state index contributed by atoms with van der Waals surface area (Å²) in [7, 11) is 3.25. The van der Waals surface area contributed by atoms with E-state index in [1.54, 1.807) is 14.2 Å². The van der Waals surface area contributed by atoms with E-state index in [2.05, 4.69) is 10.3 Å². The summed E-state index contributed by atoms with van der Waals surface area (Å²) in [5.74, 6) is 1.87. The molecule has 0 aliphatic carbocycles. The number of benzene rings is 2. The lowest BCUT2D eigenvalue weighted by Gasteiger charge is -2.10. The Balaban J connectivity index is 1.65. The van der Waals surface area contributed by atoms with Crippen molar-refractivity contribution < 1.29 is 14.2 Å². The Hall–Kier alpha value is -2.73. The highest BCUT2D eigenvalue weighted by Gasteiger charge is 2.04. The van der Waals surface area contributed by atoms with Crippen molar-refractivity contribution in [2.24, 2.45) is 10.7 Å². The van der Waals surface area contributed by atoms with Crippen LogP contribution in [0, 0.1) is 0 Å². The van der Waals surface area contributed by atoms with Crippen LogP contribution in [-0.4, -0.2) is 39.9 Å². The highest BCUT2D eigenvalue weighted by atomic mass is 16.5. The van der Waals surface area contributed by atoms with Crippen LogP contribution in [0.1, 0.15) is 11.1 Å². The number of guanidine groups is 1. The van der Waals surface area contributed by atoms with Crippen molar-refractivity contribution in [1.29, 1.82) is 0 Å². The summed E-state index contributed by atoms with van der Waals surface area (Å²) >= 11 is 0. The molecule has 6 nitrogen and oxygen atoms in total. The quantitative estimate of drug-likeness (QED) is 0.388. The second-order valence-corrected chi connectivity index (χ2v) is 5.67. The first-order chi connectivity index (χ1) is 12.7. The molecule has 3 N–H and O–H groups in total. The molecule has 0 aliphatic heterocycles. The third-order valence-corrected chi connectivity index (χ3v) is 3.80. The Labute approximate surface area is 155 Å². The molecule has 2 aromatic rings. The lowest BCUT2D eigenvalue weighted by Crippen LogP contribution is -2.33. The van der Waals surface area contributed by atoms with Gasteiger partial charge in [-0.1, -0.05) is 36.4 Å². The molecule has 0 aliphatic rings. The van der Waals surface area contributed by atoms with Crippen molar-refractivity contribution in [2.45, 2.75) is 13.0 Å². The van der Waals surface area contributed by atoms with E-state index in [-0.39, 0.29) is 0 Å². The number of nitrogens with two attached hydrogens (primary N) is 1. The van der Waals surface area contributed by atoms with Gasteiger partial charge in [-0.05, 0) is 29.7 Å². The predicted octanol–water partition coefficient (Wildman–Crippen LogP) is 2.37. The number of ether oxygens (including phenoxy) is 3. The molecule has 0 aromatic heterocycles. The fraction of sp³-hybridized carbons (Fsp3) is 0.350. The van der Waals surface area contributed by atoms with Crippen LogP contribution in [-0.2, 0) is 17.8 Å². The van der Waals surface area contributed by atoms with Gasteiger partial charge in [-0.3, -0.25) is 4.99 Å². The topological polar surface area (TPSA) is 78.1 Å². The van der Waals surface area contributed by atoms with Crippen molar-refractivity contribution >= 4 is 5.96 Å². The van der Waals surface area contributed by atoms with Gasteiger partial charge in [-0.15, -0.1) is 0 Å². The summed E-state index contributed by atoms with van der Waals surface area (Å²) in [6.45, 7) is 2.34. The van der Waals surface area contributed by atoms with Crippen LogP contribution in [0.15, 0.2) is 53.5 Å². The predicted molar refractivity (Wildman–Crippen MR) is 104 cm³/mol. The number of hydrogen-bond acceptors (Lipinski definition) is 4. The van der Waals surface area contributed by atoms with Crippen LogP contribution in [0.5, 0.6) is 11.5 Å². The Kier molecular flexibility index (Phi) is 8.29. The second-order valence-electron chi connectivity index (χ2n) is 5.67. The summed E-state index contributed by atoms with van der Waals surface area (Å²) in [6, 6.07) is 15.9. The zero-order chi connectivity index (χ0) is 18.6. The maximum atomic E-state index is 5.87. The molecule has 0 spiro atoms. The van der Waals surface area contributed by atoms with Crippen LogP contribution >= 0.6 is 0 Å². The summed E-state index contributed by atoms with van der Waals surface area (Å²) in [5.41, 5.74) is 8.16. The SMILES string of the molecule is COc1ccc(CCNC(N)=NCCOCc2ccccc2)cc1OC. The summed E-state index contributed by atoms with van der Waals surface area (Å²) in [5, 5.41) is 3.11. The number of methoxy groups -OCH3 is 2. The van der Waals surface area contributed by atoms with Crippen molar-refractivity contribution in [2.75, 3.05) is 33.9 Å². The number of nitrogens with zero attached hydrogens (tertiary/aromatic N) is 1. The fourth-order valence-electron chi connectivity index (χ4n) is 2.42. The van der Waals surface area contributed by atoms with E-state index >= 15 is 0 Å². The molecule has 0 radical (unpaired) electrons. The zero-order valence-corrected chi connectivity index (χ0v) is 15.4. The molecule has 0 bridgehead atoms. The van der Waals surface area contributed by atoms with Crippen LogP contribution in [0.3, 0.4) is 0 Å². The van der Waals surface area contributed by atoms with Crippen LogP contribution < -0.4 is 20.5 Å². The van der Waals surface area contributed by atoms with E-state index in [1.165, 1.54) is 0 Å². The molecular formula is C20H27N3O3. The minimum atomic E-state index is 0.425. The largest absolute Gasteiger partial charge is 0.493 e. The zero-order valence-electron chi connectivity index (χ0n) is 15.4. The highest BCUT2D eigenvalue weighted by Crippen LogP contribution is 2.27.